The van der Waals surface area contributed by atoms with Gasteiger partial charge in [0.2, 0.25) is 0 Å². The van der Waals surface area contributed by atoms with Gasteiger partial charge in [-0.3, -0.25) is 0 Å². The minimum Gasteiger partial charge on any atom is -0.0702 e. The predicted molar refractivity (Wildman–Crippen MR) is 50.1 cm³/mol. The monoisotopic (exact) mass is 150 g/mol. The molecule has 0 spiro atoms. The Hall–Kier alpha value is 0.0649. The molecule has 0 saturated heterocycles. The summed E-state index contributed by atoms with van der Waals surface area (Å²) in [5.41, 5.74) is 0.582. The number of hydrogen-bond acceptors (Lipinski definition) is 0. The molecule has 0 aromatic rings. The van der Waals surface area contributed by atoms with Gasteiger partial charge in [0.25, 0.3) is 0 Å². The summed E-state index contributed by atoms with van der Waals surface area (Å²) < 4.78 is 7.34. The fourth-order valence-electron chi connectivity index (χ4n) is 3.19. The van der Waals surface area contributed by atoms with Gasteiger partial charge in [-0.25, -0.2) is 0 Å². The molecule has 0 nitrogen and oxygen atoms in total. The van der Waals surface area contributed by atoms with Gasteiger partial charge in [-0.2, -0.15) is 0 Å². The highest BCUT2D eigenvalue weighted by molar-refractivity contribution is 6.12. The molecule has 3 rings (SSSR count). The molecule has 2 bridgehead atoms. The van der Waals surface area contributed by atoms with E-state index in [2.05, 4.69) is 20.8 Å². The summed E-state index contributed by atoms with van der Waals surface area (Å²) in [6, 6.07) is 0. The van der Waals surface area contributed by atoms with Crippen molar-refractivity contribution in [2.75, 3.05) is 0 Å². The van der Waals surface area contributed by atoms with E-state index in [1.54, 1.807) is 7.81 Å². The molecule has 3 aliphatic carbocycles. The zero-order chi connectivity index (χ0) is 8.93. The van der Waals surface area contributed by atoms with Crippen molar-refractivity contribution in [3.05, 3.63) is 0 Å². The van der Waals surface area contributed by atoms with E-state index >= 15 is 0 Å². The van der Waals surface area contributed by atoms with Gasteiger partial charge >= 0.3 is 0 Å². The van der Waals surface area contributed by atoms with Gasteiger partial charge < -0.3 is 0 Å². The molecular weight excluding hydrogens is 131 g/mol. The minimum absolute atomic E-state index is 0.582. The first-order valence-electron chi connectivity index (χ1n) is 5.37. The Balaban J connectivity index is 2.11. The summed E-state index contributed by atoms with van der Waals surface area (Å²) in [6.07, 6.45) is 2.70. The summed E-state index contributed by atoms with van der Waals surface area (Å²) in [6.45, 7) is 7.14. The molecule has 1 radical (unpaired) electrons. The molecule has 0 amide bonds. The second kappa shape index (κ2) is 2.05. The number of rotatable bonds is 1. The summed E-state index contributed by atoms with van der Waals surface area (Å²) in [5.74, 6) is 3.14. The van der Waals surface area contributed by atoms with Crippen LogP contribution < -0.4 is 0 Å². The van der Waals surface area contributed by atoms with Gasteiger partial charge in [0, 0.05) is 0 Å². The second-order valence-electron chi connectivity index (χ2n) is 5.12. The quantitative estimate of drug-likeness (QED) is 0.503. The van der Waals surface area contributed by atoms with E-state index < -0.39 is 0 Å². The van der Waals surface area contributed by atoms with Gasteiger partial charge in [0.05, 0.1) is 7.81 Å². The lowest BCUT2D eigenvalue weighted by molar-refractivity contribution is -0.0979. The van der Waals surface area contributed by atoms with Crippen LogP contribution in [0.25, 0.3) is 0 Å². The molecule has 61 valence electrons. The summed E-state index contributed by atoms with van der Waals surface area (Å²) in [7, 11) is 1.68. The molecule has 3 aliphatic rings. The molecule has 0 aromatic carbocycles. The van der Waals surface area contributed by atoms with E-state index in [1.807, 2.05) is 0 Å². The molecular formula is C10H18B. The summed E-state index contributed by atoms with van der Waals surface area (Å²) in [4.78, 5) is 0. The third-order valence-corrected chi connectivity index (χ3v) is 4.41. The standard InChI is InChI=1S/C10H18B/c1-6-8-4-7(5-9(6)11)10(8,2)3/h6-9,11H,4-5H2,1-3H3/t6-,7+,8-,9-/m0/s1/i11D. The molecule has 1 heteroatoms. The molecule has 3 fully saturated rings. The first-order valence-corrected chi connectivity index (χ1v) is 4.79. The normalized spacial score (nSPS) is 54.3. The second-order valence-corrected chi connectivity index (χ2v) is 5.12. The lowest BCUT2D eigenvalue weighted by atomic mass is 9.41. The van der Waals surface area contributed by atoms with Crippen molar-refractivity contribution >= 4 is 7.81 Å². The van der Waals surface area contributed by atoms with Crippen molar-refractivity contribution in [1.29, 1.82) is 1.34 Å². The Morgan fingerprint density at radius 2 is 2.18 bits per heavy atom. The maximum atomic E-state index is 7.34. The van der Waals surface area contributed by atoms with Crippen molar-refractivity contribution in [3.63, 3.8) is 0 Å². The Morgan fingerprint density at radius 3 is 2.64 bits per heavy atom. The van der Waals surface area contributed by atoms with Gasteiger partial charge in [0.1, 0.15) is 0 Å². The molecule has 4 atom stereocenters. The van der Waals surface area contributed by atoms with Crippen LogP contribution in [0.4, 0.5) is 0 Å². The molecule has 0 unspecified atom stereocenters. The topological polar surface area (TPSA) is 0 Å². The van der Waals surface area contributed by atoms with Crippen LogP contribution >= 0.6 is 0 Å². The lowest BCUT2D eigenvalue weighted by Crippen LogP contribution is -2.53. The van der Waals surface area contributed by atoms with Crippen LogP contribution in [0.2, 0.25) is 5.82 Å². The Labute approximate surface area is 72.5 Å². The Kier molecular flexibility index (Phi) is 1.23. The first-order chi connectivity index (χ1) is 5.57. The van der Waals surface area contributed by atoms with Crippen LogP contribution in [0.15, 0.2) is 0 Å². The van der Waals surface area contributed by atoms with Crippen LogP contribution in [0, 0.1) is 23.2 Å². The van der Waals surface area contributed by atoms with Crippen molar-refractivity contribution in [2.45, 2.75) is 39.4 Å². The third kappa shape index (κ3) is 0.831. The largest absolute Gasteiger partial charge is 0.0912 e. The van der Waals surface area contributed by atoms with Gasteiger partial charge in [-0.15, -0.1) is 0 Å². The van der Waals surface area contributed by atoms with E-state index in [0.717, 1.165) is 17.8 Å². The van der Waals surface area contributed by atoms with Crippen molar-refractivity contribution < 1.29 is 0 Å². The van der Waals surface area contributed by atoms with E-state index in [1.165, 1.54) is 12.8 Å². The van der Waals surface area contributed by atoms with E-state index in [4.69, 9.17) is 1.34 Å². The summed E-state index contributed by atoms with van der Waals surface area (Å²) >= 11 is 0. The van der Waals surface area contributed by atoms with Crippen LogP contribution in [0.3, 0.4) is 0 Å². The highest BCUT2D eigenvalue weighted by atomic mass is 14.6. The maximum absolute atomic E-state index is 7.34. The molecule has 3 saturated carbocycles. The zero-order valence-electron chi connectivity index (χ0n) is 8.80. The van der Waals surface area contributed by atoms with Crippen molar-refractivity contribution in [1.82, 2.24) is 0 Å². The molecule has 11 heavy (non-hydrogen) atoms. The fraction of sp³-hybridized carbons (Fsp3) is 1.00. The van der Waals surface area contributed by atoms with Crippen LogP contribution in [0.5, 0.6) is 0 Å². The van der Waals surface area contributed by atoms with Crippen molar-refractivity contribution in [2.24, 2.45) is 23.2 Å². The highest BCUT2D eigenvalue weighted by Gasteiger charge is 2.54. The minimum atomic E-state index is 0.582. The molecule has 0 N–H and O–H groups in total. The smallest absolute Gasteiger partial charge is 0.0702 e. The molecule has 0 aliphatic heterocycles. The number of fused-ring (bicyclic) bond motifs is 2. The van der Waals surface area contributed by atoms with Crippen molar-refractivity contribution in [3.8, 4) is 0 Å². The fourth-order valence-corrected chi connectivity index (χ4v) is 3.19. The first kappa shape index (κ1) is 6.57. The van der Waals surface area contributed by atoms with Crippen LogP contribution in [-0.2, 0) is 0 Å². The van der Waals surface area contributed by atoms with E-state index in [0.29, 0.717) is 11.2 Å². The summed E-state index contributed by atoms with van der Waals surface area (Å²) in [5, 5.41) is 0. The average molecular weight is 150 g/mol. The SMILES string of the molecule is [2H][B][C@H]1C[C@H]2C[C@@H]([C@@H]1C)C2(C)C. The highest BCUT2D eigenvalue weighted by Crippen LogP contribution is 2.63. The van der Waals surface area contributed by atoms with Gasteiger partial charge in [-0.1, -0.05) is 33.0 Å². The average Bonchev–Trinajstić information content (AvgIpc) is 2.03. The number of hydrogen-bond donors (Lipinski definition) is 0. The van der Waals surface area contributed by atoms with Crippen LogP contribution in [-0.4, -0.2) is 9.15 Å². The Bertz CT molecular complexity index is 190. The predicted octanol–water partition coefficient (Wildman–Crippen LogP) is 2.38. The molecule has 0 aromatic heterocycles. The lowest BCUT2D eigenvalue weighted by Gasteiger charge is -2.62. The van der Waals surface area contributed by atoms with Gasteiger partial charge in [0.15, 0.2) is 0 Å². The van der Waals surface area contributed by atoms with E-state index in [9.17, 15) is 0 Å². The van der Waals surface area contributed by atoms with Crippen LogP contribution in [0.1, 0.15) is 33.6 Å². The third-order valence-electron chi connectivity index (χ3n) is 4.41. The van der Waals surface area contributed by atoms with Gasteiger partial charge in [-0.05, 0) is 30.9 Å². The molecule has 0 heterocycles. The maximum Gasteiger partial charge on any atom is 0.0912 e. The van der Waals surface area contributed by atoms with E-state index in [-0.39, 0.29) is 0 Å². The Morgan fingerprint density at radius 1 is 1.45 bits per heavy atom. The zero-order valence-corrected chi connectivity index (χ0v) is 7.80.